The summed E-state index contributed by atoms with van der Waals surface area (Å²) >= 11 is 2.28. The van der Waals surface area contributed by atoms with Gasteiger partial charge in [-0.25, -0.2) is 5.43 Å². The van der Waals surface area contributed by atoms with Crippen molar-refractivity contribution in [2.24, 2.45) is 5.10 Å². The number of aryl methyl sites for hydroxylation is 2. The molecule has 0 spiro atoms. The SMILES string of the molecule is CCOc1cc(/C=N/NC(=O)Cc2ccc(C)cc2C)ccc1OCc1ccc(I)cc1. The summed E-state index contributed by atoms with van der Waals surface area (Å²) in [5.41, 5.74) is 7.77. The number of hydrazone groups is 1. The molecule has 6 heteroatoms. The van der Waals surface area contributed by atoms with Crippen LogP contribution in [-0.4, -0.2) is 18.7 Å². The number of nitrogens with one attached hydrogen (secondary N) is 1. The van der Waals surface area contributed by atoms with E-state index in [9.17, 15) is 4.79 Å². The third-order valence-corrected chi connectivity index (χ3v) is 5.55. The van der Waals surface area contributed by atoms with Crippen LogP contribution in [0.3, 0.4) is 0 Å². The normalized spacial score (nSPS) is 10.9. The Morgan fingerprint density at radius 1 is 1.00 bits per heavy atom. The Morgan fingerprint density at radius 3 is 2.50 bits per heavy atom. The monoisotopic (exact) mass is 542 g/mol. The molecular weight excluding hydrogens is 515 g/mol. The maximum Gasteiger partial charge on any atom is 0.244 e. The predicted molar refractivity (Wildman–Crippen MR) is 136 cm³/mol. The third kappa shape index (κ3) is 7.09. The lowest BCUT2D eigenvalue weighted by Gasteiger charge is -2.12. The van der Waals surface area contributed by atoms with Gasteiger partial charge >= 0.3 is 0 Å². The molecule has 0 heterocycles. The molecule has 0 aliphatic heterocycles. The van der Waals surface area contributed by atoms with Crippen LogP contribution in [0.4, 0.5) is 0 Å². The first-order valence-corrected chi connectivity index (χ1v) is 11.5. The Morgan fingerprint density at radius 2 is 1.78 bits per heavy atom. The van der Waals surface area contributed by atoms with Crippen LogP contribution in [0.2, 0.25) is 0 Å². The van der Waals surface area contributed by atoms with Crippen molar-refractivity contribution in [2.45, 2.75) is 33.8 Å². The fraction of sp³-hybridized carbons (Fsp3) is 0.231. The van der Waals surface area contributed by atoms with Gasteiger partial charge in [0.2, 0.25) is 5.91 Å². The molecule has 5 nitrogen and oxygen atoms in total. The zero-order chi connectivity index (χ0) is 22.9. The van der Waals surface area contributed by atoms with Crippen LogP contribution in [0.15, 0.2) is 65.8 Å². The second-order valence-electron chi connectivity index (χ2n) is 7.45. The Balaban J connectivity index is 1.60. The van der Waals surface area contributed by atoms with Gasteiger partial charge in [0.15, 0.2) is 11.5 Å². The average molecular weight is 542 g/mol. The molecule has 0 aliphatic carbocycles. The van der Waals surface area contributed by atoms with Gasteiger partial charge in [0, 0.05) is 3.57 Å². The molecule has 32 heavy (non-hydrogen) atoms. The largest absolute Gasteiger partial charge is 0.490 e. The van der Waals surface area contributed by atoms with Gasteiger partial charge in [-0.2, -0.15) is 5.10 Å². The Kier molecular flexibility index (Phi) is 8.67. The molecule has 0 saturated heterocycles. The number of ether oxygens (including phenoxy) is 2. The molecular formula is C26H27IN2O3. The number of carbonyl (C=O) groups excluding carboxylic acids is 1. The third-order valence-electron chi connectivity index (χ3n) is 4.83. The van der Waals surface area contributed by atoms with Gasteiger partial charge < -0.3 is 9.47 Å². The molecule has 3 aromatic carbocycles. The maximum absolute atomic E-state index is 12.2. The molecule has 3 aromatic rings. The Hall–Kier alpha value is -2.87. The van der Waals surface area contributed by atoms with Crippen LogP contribution in [-0.2, 0) is 17.8 Å². The van der Waals surface area contributed by atoms with Crippen molar-refractivity contribution < 1.29 is 14.3 Å². The van der Waals surface area contributed by atoms with Gasteiger partial charge in [-0.3, -0.25) is 4.79 Å². The quantitative estimate of drug-likeness (QED) is 0.218. The highest BCUT2D eigenvalue weighted by atomic mass is 127. The number of hydrogen-bond donors (Lipinski definition) is 1. The zero-order valence-electron chi connectivity index (χ0n) is 18.5. The Bertz CT molecular complexity index is 1090. The van der Waals surface area contributed by atoms with E-state index in [1.54, 1.807) is 6.21 Å². The lowest BCUT2D eigenvalue weighted by molar-refractivity contribution is -0.120. The van der Waals surface area contributed by atoms with Crippen molar-refractivity contribution >= 4 is 34.7 Å². The average Bonchev–Trinajstić information content (AvgIpc) is 2.76. The minimum atomic E-state index is -0.157. The zero-order valence-corrected chi connectivity index (χ0v) is 20.7. The molecule has 0 aromatic heterocycles. The number of nitrogens with zero attached hydrogens (tertiary/aromatic N) is 1. The standard InChI is InChI=1S/C26H27IN2O3/c1-4-31-25-14-21(8-12-24(25)32-17-20-6-10-23(27)11-7-20)16-28-29-26(30)15-22-9-5-18(2)13-19(22)3/h5-14,16H,4,15,17H2,1-3H3,(H,29,30)/b28-16+. The molecule has 0 fully saturated rings. The smallest absolute Gasteiger partial charge is 0.244 e. The summed E-state index contributed by atoms with van der Waals surface area (Å²) in [7, 11) is 0. The Labute approximate surface area is 203 Å². The van der Waals surface area contributed by atoms with E-state index in [-0.39, 0.29) is 5.91 Å². The minimum absolute atomic E-state index is 0.157. The second-order valence-corrected chi connectivity index (χ2v) is 8.70. The molecule has 0 aliphatic rings. The van der Waals surface area contributed by atoms with E-state index < -0.39 is 0 Å². The van der Waals surface area contributed by atoms with E-state index in [0.717, 1.165) is 22.3 Å². The lowest BCUT2D eigenvalue weighted by atomic mass is 10.0. The van der Waals surface area contributed by atoms with Crippen molar-refractivity contribution in [3.8, 4) is 11.5 Å². The van der Waals surface area contributed by atoms with E-state index in [2.05, 4.69) is 51.3 Å². The summed E-state index contributed by atoms with van der Waals surface area (Å²) < 4.78 is 12.9. The molecule has 0 bridgehead atoms. The minimum Gasteiger partial charge on any atom is -0.490 e. The second kappa shape index (κ2) is 11.7. The van der Waals surface area contributed by atoms with Crippen LogP contribution in [0, 0.1) is 17.4 Å². The van der Waals surface area contributed by atoms with E-state index in [1.165, 1.54) is 9.13 Å². The summed E-state index contributed by atoms with van der Waals surface area (Å²) in [5.74, 6) is 1.15. The number of amides is 1. The van der Waals surface area contributed by atoms with Gasteiger partial charge in [-0.15, -0.1) is 0 Å². The molecule has 0 radical (unpaired) electrons. The highest BCUT2D eigenvalue weighted by Crippen LogP contribution is 2.29. The van der Waals surface area contributed by atoms with E-state index >= 15 is 0 Å². The molecule has 0 saturated carbocycles. The lowest BCUT2D eigenvalue weighted by Crippen LogP contribution is -2.20. The van der Waals surface area contributed by atoms with Crippen molar-refractivity contribution in [1.82, 2.24) is 5.43 Å². The van der Waals surface area contributed by atoms with Crippen LogP contribution >= 0.6 is 22.6 Å². The highest BCUT2D eigenvalue weighted by molar-refractivity contribution is 14.1. The summed E-state index contributed by atoms with van der Waals surface area (Å²) in [5, 5.41) is 4.10. The number of halogens is 1. The van der Waals surface area contributed by atoms with Gasteiger partial charge in [0.25, 0.3) is 0 Å². The first-order valence-electron chi connectivity index (χ1n) is 10.5. The van der Waals surface area contributed by atoms with Gasteiger partial charge in [-0.05, 0) is 95.9 Å². The van der Waals surface area contributed by atoms with Gasteiger partial charge in [0.1, 0.15) is 6.61 Å². The van der Waals surface area contributed by atoms with Gasteiger partial charge in [0.05, 0.1) is 19.2 Å². The van der Waals surface area contributed by atoms with Crippen molar-refractivity contribution in [1.29, 1.82) is 0 Å². The van der Waals surface area contributed by atoms with Crippen LogP contribution in [0.5, 0.6) is 11.5 Å². The van der Waals surface area contributed by atoms with Crippen molar-refractivity contribution in [3.63, 3.8) is 0 Å². The molecule has 1 amide bonds. The maximum atomic E-state index is 12.2. The van der Waals surface area contributed by atoms with Crippen molar-refractivity contribution in [3.05, 3.63) is 92.1 Å². The number of rotatable bonds is 9. The summed E-state index contributed by atoms with van der Waals surface area (Å²) in [6, 6.07) is 19.9. The molecule has 0 unspecified atom stereocenters. The van der Waals surface area contributed by atoms with E-state index in [1.807, 2.05) is 63.2 Å². The number of carbonyl (C=O) groups is 1. The molecule has 1 N–H and O–H groups in total. The van der Waals surface area contributed by atoms with E-state index in [0.29, 0.717) is 31.1 Å². The topological polar surface area (TPSA) is 59.9 Å². The fourth-order valence-electron chi connectivity index (χ4n) is 3.17. The fourth-order valence-corrected chi connectivity index (χ4v) is 3.53. The summed E-state index contributed by atoms with van der Waals surface area (Å²) in [6.45, 7) is 6.95. The molecule has 3 rings (SSSR count). The number of hydrogen-bond acceptors (Lipinski definition) is 4. The van der Waals surface area contributed by atoms with Crippen LogP contribution in [0.1, 0.15) is 34.7 Å². The number of benzene rings is 3. The first-order chi connectivity index (χ1) is 15.4. The summed E-state index contributed by atoms with van der Waals surface area (Å²) in [6.07, 6.45) is 1.89. The highest BCUT2D eigenvalue weighted by Gasteiger charge is 2.08. The van der Waals surface area contributed by atoms with E-state index in [4.69, 9.17) is 9.47 Å². The molecule has 0 atom stereocenters. The van der Waals surface area contributed by atoms with Crippen LogP contribution in [0.25, 0.3) is 0 Å². The van der Waals surface area contributed by atoms with Crippen LogP contribution < -0.4 is 14.9 Å². The van der Waals surface area contributed by atoms with Gasteiger partial charge in [-0.1, -0.05) is 35.9 Å². The summed E-state index contributed by atoms with van der Waals surface area (Å²) in [4.78, 5) is 12.2. The van der Waals surface area contributed by atoms with Crippen molar-refractivity contribution in [2.75, 3.05) is 6.61 Å². The predicted octanol–water partition coefficient (Wildman–Crippen LogP) is 5.58. The first kappa shape index (κ1) is 23.8. The molecule has 166 valence electrons.